The van der Waals surface area contributed by atoms with Gasteiger partial charge in [0.15, 0.2) is 5.78 Å². The molecule has 0 fully saturated rings. The minimum absolute atomic E-state index is 0.0121. The number of ether oxygens (including phenoxy) is 1. The SMILES string of the molecule is CCCC/C(C)=N\N=C(/C)[C@H](CC(=O)OC)/N=C(/c1ccc(Cl)cc1)c1c(C)sc(C(C)=O)c1C. The van der Waals surface area contributed by atoms with Crippen LogP contribution < -0.4 is 0 Å². The predicted molar refractivity (Wildman–Crippen MR) is 147 cm³/mol. The molecule has 0 aliphatic rings. The molecule has 0 unspecified atom stereocenters. The van der Waals surface area contributed by atoms with Crippen LogP contribution in [0.25, 0.3) is 0 Å². The van der Waals surface area contributed by atoms with Gasteiger partial charge in [-0.05, 0) is 65.2 Å². The van der Waals surface area contributed by atoms with Crippen molar-refractivity contribution in [2.24, 2.45) is 15.2 Å². The van der Waals surface area contributed by atoms with Crippen LogP contribution in [-0.4, -0.2) is 42.0 Å². The number of carbonyl (C=O) groups is 2. The van der Waals surface area contributed by atoms with E-state index in [-0.39, 0.29) is 12.2 Å². The van der Waals surface area contributed by atoms with Gasteiger partial charge < -0.3 is 4.74 Å². The van der Waals surface area contributed by atoms with Gasteiger partial charge in [-0.25, -0.2) is 0 Å². The van der Waals surface area contributed by atoms with Crippen LogP contribution >= 0.6 is 22.9 Å². The maximum absolute atomic E-state index is 12.3. The smallest absolute Gasteiger partial charge is 0.308 e. The number of hydrogen-bond acceptors (Lipinski definition) is 7. The Hall–Kier alpha value is -2.64. The van der Waals surface area contributed by atoms with Crippen molar-refractivity contribution in [2.75, 3.05) is 7.11 Å². The molecule has 1 heterocycles. The van der Waals surface area contributed by atoms with Crippen molar-refractivity contribution in [3.8, 4) is 0 Å². The molecule has 0 aliphatic heterocycles. The second-order valence-corrected chi connectivity index (χ2v) is 10.2. The van der Waals surface area contributed by atoms with Gasteiger partial charge >= 0.3 is 5.97 Å². The molecule has 0 aliphatic carbocycles. The van der Waals surface area contributed by atoms with Crippen LogP contribution in [0.3, 0.4) is 0 Å². The van der Waals surface area contributed by atoms with Crippen molar-refractivity contribution in [3.63, 3.8) is 0 Å². The lowest BCUT2D eigenvalue weighted by molar-refractivity contribution is -0.140. The number of aliphatic imine (C=N–C) groups is 1. The van der Waals surface area contributed by atoms with Gasteiger partial charge in [-0.1, -0.05) is 37.1 Å². The lowest BCUT2D eigenvalue weighted by atomic mass is 9.97. The zero-order valence-electron chi connectivity index (χ0n) is 21.6. The normalized spacial score (nSPS) is 13.7. The van der Waals surface area contributed by atoms with Gasteiger partial charge in [-0.2, -0.15) is 10.2 Å². The van der Waals surface area contributed by atoms with E-state index in [9.17, 15) is 9.59 Å². The maximum atomic E-state index is 12.3. The zero-order valence-corrected chi connectivity index (χ0v) is 23.1. The minimum Gasteiger partial charge on any atom is -0.469 e. The van der Waals surface area contributed by atoms with Crippen molar-refractivity contribution < 1.29 is 14.3 Å². The van der Waals surface area contributed by atoms with Gasteiger partial charge in [-0.3, -0.25) is 14.6 Å². The molecule has 1 atom stereocenters. The number of carbonyl (C=O) groups excluding carboxylic acids is 2. The van der Waals surface area contributed by atoms with E-state index in [1.165, 1.54) is 18.4 Å². The number of Topliss-reactive ketones (excluding diaryl/α,β-unsaturated/α-hetero) is 1. The average molecular weight is 516 g/mol. The van der Waals surface area contributed by atoms with Gasteiger partial charge in [0.1, 0.15) is 6.04 Å². The summed E-state index contributed by atoms with van der Waals surface area (Å²) in [5, 5.41) is 9.39. The lowest BCUT2D eigenvalue weighted by Gasteiger charge is -2.16. The third-order valence-corrected chi connectivity index (χ3v) is 7.18. The van der Waals surface area contributed by atoms with Crippen LogP contribution in [0.4, 0.5) is 0 Å². The first-order valence-electron chi connectivity index (χ1n) is 11.7. The highest BCUT2D eigenvalue weighted by atomic mass is 35.5. The summed E-state index contributed by atoms with van der Waals surface area (Å²) in [7, 11) is 1.36. The van der Waals surface area contributed by atoms with Crippen molar-refractivity contribution in [1.82, 2.24) is 0 Å². The molecular weight excluding hydrogens is 482 g/mol. The number of nitrogens with zero attached hydrogens (tertiary/aromatic N) is 3. The molecule has 2 aromatic rings. The van der Waals surface area contributed by atoms with Crippen molar-refractivity contribution in [2.45, 2.75) is 73.3 Å². The van der Waals surface area contributed by atoms with E-state index in [0.29, 0.717) is 21.3 Å². The third-order valence-electron chi connectivity index (χ3n) is 5.62. The average Bonchev–Trinajstić information content (AvgIpc) is 3.13. The Kier molecular flexibility index (Phi) is 11.0. The van der Waals surface area contributed by atoms with E-state index in [4.69, 9.17) is 21.3 Å². The summed E-state index contributed by atoms with van der Waals surface area (Å²) in [6, 6.07) is 6.79. The molecule has 0 amide bonds. The quantitative estimate of drug-likeness (QED) is 0.139. The van der Waals surface area contributed by atoms with E-state index >= 15 is 0 Å². The van der Waals surface area contributed by atoms with Crippen LogP contribution in [0.2, 0.25) is 5.02 Å². The fourth-order valence-electron chi connectivity index (χ4n) is 3.63. The zero-order chi connectivity index (χ0) is 26.1. The molecule has 0 spiro atoms. The number of methoxy groups -OCH3 is 1. The molecule has 35 heavy (non-hydrogen) atoms. The number of thiophene rings is 1. The maximum Gasteiger partial charge on any atom is 0.308 e. The number of hydrogen-bond donors (Lipinski definition) is 0. The van der Waals surface area contributed by atoms with Gasteiger partial charge in [0.2, 0.25) is 0 Å². The summed E-state index contributed by atoms with van der Waals surface area (Å²) in [5.41, 5.74) is 4.80. The van der Waals surface area contributed by atoms with Crippen molar-refractivity contribution in [1.29, 1.82) is 0 Å². The highest BCUT2D eigenvalue weighted by Gasteiger charge is 2.24. The molecule has 0 saturated heterocycles. The lowest BCUT2D eigenvalue weighted by Crippen LogP contribution is -2.23. The number of halogens is 1. The van der Waals surface area contributed by atoms with Gasteiger partial charge in [0.25, 0.3) is 0 Å². The summed E-state index contributed by atoms with van der Waals surface area (Å²) < 4.78 is 4.94. The Bertz CT molecular complexity index is 1150. The monoisotopic (exact) mass is 515 g/mol. The van der Waals surface area contributed by atoms with E-state index in [0.717, 1.165) is 46.5 Å². The highest BCUT2D eigenvalue weighted by Crippen LogP contribution is 2.31. The van der Waals surface area contributed by atoms with Crippen molar-refractivity contribution >= 4 is 51.8 Å². The number of ketones is 1. The van der Waals surface area contributed by atoms with E-state index in [2.05, 4.69) is 17.1 Å². The molecule has 2 rings (SSSR count). The second-order valence-electron chi connectivity index (χ2n) is 8.50. The predicted octanol–water partition coefficient (Wildman–Crippen LogP) is 7.02. The first-order chi connectivity index (χ1) is 16.6. The number of benzene rings is 1. The minimum atomic E-state index is -0.588. The molecule has 1 aromatic carbocycles. The molecular formula is C27H34ClN3O3S. The Morgan fingerprint density at radius 2 is 1.74 bits per heavy atom. The topological polar surface area (TPSA) is 80.4 Å². The van der Waals surface area contributed by atoms with Crippen LogP contribution in [0.5, 0.6) is 0 Å². The summed E-state index contributed by atoms with van der Waals surface area (Å²) in [6.07, 6.45) is 3.02. The Morgan fingerprint density at radius 1 is 1.09 bits per heavy atom. The van der Waals surface area contributed by atoms with Crippen molar-refractivity contribution in [3.05, 3.63) is 55.7 Å². The summed E-state index contributed by atoms with van der Waals surface area (Å²) in [4.78, 5) is 31.2. The summed E-state index contributed by atoms with van der Waals surface area (Å²) in [5.74, 6) is -0.378. The highest BCUT2D eigenvalue weighted by molar-refractivity contribution is 7.14. The van der Waals surface area contributed by atoms with Gasteiger partial charge in [-0.15, -0.1) is 11.3 Å². The molecule has 6 nitrogen and oxygen atoms in total. The van der Waals surface area contributed by atoms with Crippen LogP contribution in [0.1, 0.15) is 84.6 Å². The van der Waals surface area contributed by atoms with E-state index < -0.39 is 12.0 Å². The molecule has 0 radical (unpaired) electrons. The number of esters is 1. The van der Waals surface area contributed by atoms with E-state index in [1.807, 2.05) is 39.8 Å². The van der Waals surface area contributed by atoms with Crippen LogP contribution in [-0.2, 0) is 9.53 Å². The van der Waals surface area contributed by atoms with Crippen LogP contribution in [0.15, 0.2) is 39.5 Å². The third kappa shape index (κ3) is 7.94. The molecule has 0 saturated carbocycles. The number of unbranched alkanes of at least 4 members (excludes halogenated alkanes) is 1. The van der Waals surface area contributed by atoms with E-state index in [1.54, 1.807) is 19.1 Å². The first kappa shape index (κ1) is 28.6. The molecule has 8 heteroatoms. The molecule has 1 aromatic heterocycles. The standard InChI is InChI=1S/C27H34ClN3O3S/c1-8-9-10-16(2)30-31-18(4)23(15-24(33)34-7)29-26(21-11-13-22(28)14-12-21)25-17(3)27(19(5)32)35-20(25)6/h11-14,23H,8-10,15H2,1-7H3/b29-26-,30-16-,31-18+/t23-/m0/s1. The largest absolute Gasteiger partial charge is 0.469 e. The Morgan fingerprint density at radius 3 is 2.29 bits per heavy atom. The Balaban J connectivity index is 2.69. The summed E-state index contributed by atoms with van der Waals surface area (Å²) in [6.45, 7) is 11.4. The molecule has 0 bridgehead atoms. The van der Waals surface area contributed by atoms with Gasteiger partial charge in [0.05, 0.1) is 29.8 Å². The number of rotatable bonds is 11. The molecule has 0 N–H and O–H groups in total. The fraction of sp³-hybridized carbons (Fsp3) is 0.444. The fourth-order valence-corrected chi connectivity index (χ4v) is 4.81. The Labute approximate surface area is 217 Å². The first-order valence-corrected chi connectivity index (χ1v) is 12.9. The van der Waals surface area contributed by atoms with Crippen LogP contribution in [0, 0.1) is 13.8 Å². The second kappa shape index (κ2) is 13.4. The number of aryl methyl sites for hydroxylation is 1. The summed E-state index contributed by atoms with van der Waals surface area (Å²) >= 11 is 7.59. The van der Waals surface area contributed by atoms with Gasteiger partial charge in [0, 0.05) is 26.7 Å². The molecule has 188 valence electrons.